The zero-order valence-electron chi connectivity index (χ0n) is 16.7. The first kappa shape index (κ1) is 20.3. The topological polar surface area (TPSA) is 71.2 Å². The summed E-state index contributed by atoms with van der Waals surface area (Å²) in [7, 11) is 0. The van der Waals surface area contributed by atoms with Gasteiger partial charge in [0.25, 0.3) is 5.91 Å². The minimum atomic E-state index is -0.389. The molecule has 4 rings (SSSR count). The van der Waals surface area contributed by atoms with Gasteiger partial charge in [0.1, 0.15) is 11.6 Å². The summed E-state index contributed by atoms with van der Waals surface area (Å²) >= 11 is 0. The fourth-order valence-electron chi connectivity index (χ4n) is 3.35. The number of para-hydroxylation sites is 1. The molecule has 1 amide bonds. The first-order chi connectivity index (χ1) is 15.1. The lowest BCUT2D eigenvalue weighted by Crippen LogP contribution is -2.30. The number of ether oxygens (including phenoxy) is 1. The molecule has 4 aromatic rings. The lowest BCUT2D eigenvalue weighted by atomic mass is 10.0. The molecule has 0 radical (unpaired) electrons. The first-order valence-corrected chi connectivity index (χ1v) is 9.95. The Balaban J connectivity index is 1.24. The highest BCUT2D eigenvalue weighted by atomic mass is 19.1. The highest BCUT2D eigenvalue weighted by molar-refractivity contribution is 6.09. The van der Waals surface area contributed by atoms with Gasteiger partial charge in [-0.15, -0.1) is 0 Å². The molecular formula is C25H21FN2O3. The lowest BCUT2D eigenvalue weighted by molar-refractivity contribution is -0.123. The fraction of sp³-hybridized carbons (Fsp3) is 0.120. The zero-order valence-corrected chi connectivity index (χ0v) is 16.7. The normalized spacial score (nSPS) is 10.7. The molecule has 1 heterocycles. The van der Waals surface area contributed by atoms with Crippen molar-refractivity contribution in [2.45, 2.75) is 6.42 Å². The second-order valence-corrected chi connectivity index (χ2v) is 7.11. The number of nitrogens with one attached hydrogen (secondary N) is 2. The van der Waals surface area contributed by atoms with E-state index in [9.17, 15) is 14.0 Å². The molecule has 0 saturated carbocycles. The van der Waals surface area contributed by atoms with E-state index in [1.54, 1.807) is 24.3 Å². The maximum atomic E-state index is 13.0. The minimum absolute atomic E-state index is 0.112. The number of H-pyrrole nitrogens is 1. The minimum Gasteiger partial charge on any atom is -0.484 e. The van der Waals surface area contributed by atoms with Crippen LogP contribution in [-0.4, -0.2) is 29.8 Å². The Kier molecular flexibility index (Phi) is 6.08. The summed E-state index contributed by atoms with van der Waals surface area (Å²) in [6.07, 6.45) is 2.68. The van der Waals surface area contributed by atoms with Crippen molar-refractivity contribution in [1.82, 2.24) is 10.3 Å². The third kappa shape index (κ3) is 4.98. The van der Waals surface area contributed by atoms with E-state index >= 15 is 0 Å². The van der Waals surface area contributed by atoms with Crippen LogP contribution in [0.2, 0.25) is 0 Å². The molecule has 6 heteroatoms. The number of carbonyl (C=O) groups is 2. The van der Waals surface area contributed by atoms with Crippen molar-refractivity contribution >= 4 is 22.6 Å². The van der Waals surface area contributed by atoms with Gasteiger partial charge < -0.3 is 15.0 Å². The van der Waals surface area contributed by atoms with E-state index in [0.717, 1.165) is 22.9 Å². The molecule has 0 aliphatic rings. The molecule has 0 aliphatic carbocycles. The molecular weight excluding hydrogens is 395 g/mol. The van der Waals surface area contributed by atoms with E-state index in [1.165, 1.54) is 24.3 Å². The average Bonchev–Trinajstić information content (AvgIpc) is 3.21. The Morgan fingerprint density at radius 1 is 0.903 bits per heavy atom. The molecule has 0 fully saturated rings. The lowest BCUT2D eigenvalue weighted by Gasteiger charge is -2.08. The van der Waals surface area contributed by atoms with Crippen LogP contribution in [0.5, 0.6) is 5.75 Å². The average molecular weight is 416 g/mol. The summed E-state index contributed by atoms with van der Waals surface area (Å²) in [6.45, 7) is 0.397. The Labute approximate surface area is 178 Å². The third-order valence-electron chi connectivity index (χ3n) is 4.98. The highest BCUT2D eigenvalue weighted by Gasteiger charge is 2.10. The summed E-state index contributed by atoms with van der Waals surface area (Å²) in [4.78, 5) is 27.7. The fourth-order valence-corrected chi connectivity index (χ4v) is 3.35. The van der Waals surface area contributed by atoms with Gasteiger partial charge in [-0.3, -0.25) is 9.59 Å². The molecule has 5 nitrogen and oxygen atoms in total. The van der Waals surface area contributed by atoms with Crippen molar-refractivity contribution in [3.05, 3.63) is 102 Å². The van der Waals surface area contributed by atoms with Crippen molar-refractivity contribution in [3.8, 4) is 5.75 Å². The first-order valence-electron chi connectivity index (χ1n) is 9.95. The van der Waals surface area contributed by atoms with E-state index in [1.807, 2.05) is 24.4 Å². The third-order valence-corrected chi connectivity index (χ3v) is 4.98. The van der Waals surface area contributed by atoms with Gasteiger partial charge in [0, 0.05) is 34.8 Å². The molecule has 156 valence electrons. The Morgan fingerprint density at radius 3 is 2.32 bits per heavy atom. The Hall–Kier alpha value is -3.93. The molecule has 0 aliphatic heterocycles. The summed E-state index contributed by atoms with van der Waals surface area (Å²) in [5, 5.41) is 4.00. The van der Waals surface area contributed by atoms with Crippen molar-refractivity contribution in [3.63, 3.8) is 0 Å². The second kappa shape index (κ2) is 9.26. The van der Waals surface area contributed by atoms with Crippen molar-refractivity contribution in [2.75, 3.05) is 13.2 Å². The molecule has 2 N–H and O–H groups in total. The van der Waals surface area contributed by atoms with Gasteiger partial charge in [-0.2, -0.15) is 0 Å². The van der Waals surface area contributed by atoms with Crippen LogP contribution in [-0.2, 0) is 11.2 Å². The standard InChI is InChI=1S/C25H21FN2O3/c26-20-9-5-17(6-10-20)25(30)18-7-11-21(12-8-18)31-16-24(29)27-14-13-19-15-28-23-4-2-1-3-22(19)23/h1-12,15,28H,13-14,16H2,(H,27,29). The molecule has 0 bridgehead atoms. The largest absolute Gasteiger partial charge is 0.484 e. The van der Waals surface area contributed by atoms with Crippen LogP contribution in [0.15, 0.2) is 79.0 Å². The Morgan fingerprint density at radius 2 is 1.58 bits per heavy atom. The predicted octanol–water partition coefficient (Wildman–Crippen LogP) is 4.28. The number of amides is 1. The van der Waals surface area contributed by atoms with E-state index in [0.29, 0.717) is 23.4 Å². The number of rotatable bonds is 8. The number of hydrogen-bond donors (Lipinski definition) is 2. The van der Waals surface area contributed by atoms with Crippen LogP contribution in [0.25, 0.3) is 10.9 Å². The number of halogens is 1. The van der Waals surface area contributed by atoms with E-state index in [-0.39, 0.29) is 24.1 Å². The van der Waals surface area contributed by atoms with Gasteiger partial charge in [-0.25, -0.2) is 4.39 Å². The number of carbonyl (C=O) groups excluding carboxylic acids is 2. The van der Waals surface area contributed by atoms with Gasteiger partial charge in [-0.05, 0) is 66.6 Å². The smallest absolute Gasteiger partial charge is 0.257 e. The predicted molar refractivity (Wildman–Crippen MR) is 117 cm³/mol. The number of aromatic amines is 1. The molecule has 1 aromatic heterocycles. The quantitative estimate of drug-likeness (QED) is 0.421. The zero-order chi connectivity index (χ0) is 21.6. The summed E-state index contributed by atoms with van der Waals surface area (Å²) in [5.41, 5.74) is 3.10. The van der Waals surface area contributed by atoms with Crippen LogP contribution >= 0.6 is 0 Å². The summed E-state index contributed by atoms with van der Waals surface area (Å²) in [6, 6.07) is 19.9. The van der Waals surface area contributed by atoms with Gasteiger partial charge in [0.15, 0.2) is 12.4 Å². The maximum absolute atomic E-state index is 13.0. The molecule has 3 aromatic carbocycles. The monoisotopic (exact) mass is 416 g/mol. The van der Waals surface area contributed by atoms with E-state index in [4.69, 9.17) is 4.74 Å². The van der Waals surface area contributed by atoms with E-state index < -0.39 is 0 Å². The molecule has 0 saturated heterocycles. The number of fused-ring (bicyclic) bond motifs is 1. The van der Waals surface area contributed by atoms with Gasteiger partial charge in [0.2, 0.25) is 0 Å². The van der Waals surface area contributed by atoms with Crippen LogP contribution in [0.1, 0.15) is 21.5 Å². The van der Waals surface area contributed by atoms with Crippen LogP contribution in [0.3, 0.4) is 0 Å². The molecule has 31 heavy (non-hydrogen) atoms. The van der Waals surface area contributed by atoms with Crippen molar-refractivity contribution in [2.24, 2.45) is 0 Å². The number of aromatic nitrogens is 1. The van der Waals surface area contributed by atoms with Gasteiger partial charge >= 0.3 is 0 Å². The molecule has 0 unspecified atom stereocenters. The van der Waals surface area contributed by atoms with Crippen LogP contribution < -0.4 is 10.1 Å². The number of benzene rings is 3. The second-order valence-electron chi connectivity index (χ2n) is 7.11. The highest BCUT2D eigenvalue weighted by Crippen LogP contribution is 2.18. The van der Waals surface area contributed by atoms with Crippen LogP contribution in [0, 0.1) is 5.82 Å². The van der Waals surface area contributed by atoms with Crippen molar-refractivity contribution in [1.29, 1.82) is 0 Å². The van der Waals surface area contributed by atoms with Gasteiger partial charge in [0.05, 0.1) is 0 Å². The summed E-state index contributed by atoms with van der Waals surface area (Å²) in [5.74, 6) is -0.324. The van der Waals surface area contributed by atoms with Crippen molar-refractivity contribution < 1.29 is 18.7 Å². The molecule has 0 spiro atoms. The van der Waals surface area contributed by atoms with E-state index in [2.05, 4.69) is 16.4 Å². The Bertz CT molecular complexity index is 1200. The number of ketones is 1. The van der Waals surface area contributed by atoms with Gasteiger partial charge in [-0.1, -0.05) is 18.2 Å². The van der Waals surface area contributed by atoms with Crippen LogP contribution in [0.4, 0.5) is 4.39 Å². The molecule has 0 atom stereocenters. The SMILES string of the molecule is O=C(COc1ccc(C(=O)c2ccc(F)cc2)cc1)NCCc1c[nH]c2ccccc12. The number of hydrogen-bond acceptors (Lipinski definition) is 3. The maximum Gasteiger partial charge on any atom is 0.257 e. The summed E-state index contributed by atoms with van der Waals surface area (Å²) < 4.78 is 18.5.